The summed E-state index contributed by atoms with van der Waals surface area (Å²) in [6, 6.07) is 31.0. The van der Waals surface area contributed by atoms with Gasteiger partial charge in [-0.2, -0.15) is 0 Å². The number of para-hydroxylation sites is 3. The Kier molecular flexibility index (Phi) is 9.60. The number of thiocarbonyl (C=S) groups is 1. The maximum atomic E-state index is 13.1. The highest BCUT2D eigenvalue weighted by atomic mass is 32.1. The summed E-state index contributed by atoms with van der Waals surface area (Å²) in [6.07, 6.45) is 0. The van der Waals surface area contributed by atoms with Crippen LogP contribution in [-0.2, 0) is 4.74 Å². The number of hydrogen-bond donors (Lipinski definition) is 4. The average molecular weight is 541 g/mol. The van der Waals surface area contributed by atoms with Crippen LogP contribution in [0.4, 0.5) is 22.7 Å². The van der Waals surface area contributed by atoms with E-state index in [1.165, 1.54) is 0 Å². The fraction of sp³-hybridized carbons (Fsp3) is 0.100. The molecule has 0 saturated carbocycles. The summed E-state index contributed by atoms with van der Waals surface area (Å²) in [5.41, 5.74) is 3.65. The number of amides is 2. The molecule has 0 saturated heterocycles. The van der Waals surface area contributed by atoms with E-state index in [0.29, 0.717) is 41.5 Å². The smallest absolute Gasteiger partial charge is 0.261 e. The second-order valence-corrected chi connectivity index (χ2v) is 8.72. The Morgan fingerprint density at radius 1 is 0.667 bits per heavy atom. The lowest BCUT2D eigenvalue weighted by Crippen LogP contribution is -2.35. The molecule has 4 aromatic carbocycles. The topological polar surface area (TPSA) is 101 Å². The number of carbonyl (C=O) groups is 2. The number of methoxy groups -OCH3 is 1. The Morgan fingerprint density at radius 3 is 2.03 bits per heavy atom. The molecule has 198 valence electrons. The van der Waals surface area contributed by atoms with Crippen LogP contribution in [0, 0.1) is 0 Å². The van der Waals surface area contributed by atoms with E-state index in [0.717, 1.165) is 11.4 Å². The van der Waals surface area contributed by atoms with E-state index in [9.17, 15) is 9.59 Å². The molecule has 0 fully saturated rings. The normalized spacial score (nSPS) is 10.3. The Labute approximate surface area is 232 Å². The van der Waals surface area contributed by atoms with Gasteiger partial charge in [0.15, 0.2) is 5.11 Å². The number of nitrogens with one attached hydrogen (secondary N) is 4. The highest BCUT2D eigenvalue weighted by Gasteiger charge is 2.16. The number of rotatable bonds is 10. The number of hydrogen-bond acceptors (Lipinski definition) is 6. The van der Waals surface area contributed by atoms with Crippen LogP contribution in [0.1, 0.15) is 20.7 Å². The maximum Gasteiger partial charge on any atom is 0.261 e. The van der Waals surface area contributed by atoms with Crippen molar-refractivity contribution < 1.29 is 19.1 Å². The Bertz CT molecular complexity index is 1430. The minimum Gasteiger partial charge on any atom is -0.490 e. The molecule has 0 bridgehead atoms. The fourth-order valence-corrected chi connectivity index (χ4v) is 3.86. The third-order valence-corrected chi connectivity index (χ3v) is 5.73. The quantitative estimate of drug-likeness (QED) is 0.148. The van der Waals surface area contributed by atoms with Gasteiger partial charge in [0.2, 0.25) is 0 Å². The van der Waals surface area contributed by atoms with Crippen molar-refractivity contribution in [3.05, 3.63) is 114 Å². The first-order valence-electron chi connectivity index (χ1n) is 12.2. The van der Waals surface area contributed by atoms with Crippen molar-refractivity contribution in [3.63, 3.8) is 0 Å². The summed E-state index contributed by atoms with van der Waals surface area (Å²) in [4.78, 5) is 25.9. The van der Waals surface area contributed by atoms with E-state index in [4.69, 9.17) is 21.7 Å². The molecule has 4 N–H and O–H groups in total. The van der Waals surface area contributed by atoms with Crippen LogP contribution in [0.5, 0.6) is 5.75 Å². The molecule has 0 radical (unpaired) electrons. The number of carbonyl (C=O) groups excluding carboxylic acids is 2. The van der Waals surface area contributed by atoms with Crippen LogP contribution < -0.4 is 26.0 Å². The van der Waals surface area contributed by atoms with Crippen molar-refractivity contribution in [2.24, 2.45) is 0 Å². The molecule has 8 nitrogen and oxygen atoms in total. The van der Waals surface area contributed by atoms with Gasteiger partial charge in [-0.3, -0.25) is 14.9 Å². The first kappa shape index (κ1) is 27.3. The van der Waals surface area contributed by atoms with Crippen molar-refractivity contribution in [2.45, 2.75) is 0 Å². The molecule has 0 heterocycles. The zero-order chi connectivity index (χ0) is 27.5. The molecular formula is C30H28N4O4S. The van der Waals surface area contributed by atoms with Gasteiger partial charge in [-0.25, -0.2) is 0 Å². The molecule has 0 aromatic heterocycles. The second kappa shape index (κ2) is 13.7. The lowest BCUT2D eigenvalue weighted by atomic mass is 10.1. The summed E-state index contributed by atoms with van der Waals surface area (Å²) < 4.78 is 10.6. The van der Waals surface area contributed by atoms with Crippen LogP contribution >= 0.6 is 12.2 Å². The molecule has 0 aliphatic heterocycles. The van der Waals surface area contributed by atoms with Gasteiger partial charge < -0.3 is 25.4 Å². The summed E-state index contributed by atoms with van der Waals surface area (Å²) in [7, 11) is 1.57. The molecule has 9 heteroatoms. The summed E-state index contributed by atoms with van der Waals surface area (Å²) in [5.74, 6) is -0.348. The maximum absolute atomic E-state index is 13.1. The molecule has 2 amide bonds. The Hall–Kier alpha value is -4.73. The number of benzene rings is 4. The van der Waals surface area contributed by atoms with Gasteiger partial charge in [-0.1, -0.05) is 42.5 Å². The zero-order valence-electron chi connectivity index (χ0n) is 21.3. The molecule has 0 aliphatic rings. The third kappa shape index (κ3) is 7.88. The van der Waals surface area contributed by atoms with Crippen LogP contribution in [0.3, 0.4) is 0 Å². The van der Waals surface area contributed by atoms with Crippen molar-refractivity contribution >= 4 is 51.9 Å². The highest BCUT2D eigenvalue weighted by Crippen LogP contribution is 2.22. The van der Waals surface area contributed by atoms with Crippen molar-refractivity contribution in [1.29, 1.82) is 0 Å². The van der Waals surface area contributed by atoms with E-state index in [2.05, 4.69) is 21.3 Å². The lowest BCUT2D eigenvalue weighted by molar-refractivity contribution is 0.0969. The molecule has 4 aromatic rings. The predicted octanol–water partition coefficient (Wildman–Crippen LogP) is 5.83. The zero-order valence-corrected chi connectivity index (χ0v) is 22.1. The largest absolute Gasteiger partial charge is 0.490 e. The second-order valence-electron chi connectivity index (χ2n) is 8.31. The van der Waals surface area contributed by atoms with Gasteiger partial charge >= 0.3 is 0 Å². The first-order valence-corrected chi connectivity index (χ1v) is 12.6. The van der Waals surface area contributed by atoms with Gasteiger partial charge in [-0.15, -0.1) is 0 Å². The molecule has 0 atom stereocenters. The molecular weight excluding hydrogens is 512 g/mol. The van der Waals surface area contributed by atoms with Crippen LogP contribution in [-0.4, -0.2) is 37.3 Å². The average Bonchev–Trinajstić information content (AvgIpc) is 2.95. The van der Waals surface area contributed by atoms with Crippen molar-refractivity contribution in [3.8, 4) is 5.75 Å². The summed E-state index contributed by atoms with van der Waals surface area (Å²) in [5, 5.41) is 11.9. The molecule has 39 heavy (non-hydrogen) atoms. The van der Waals surface area contributed by atoms with Gasteiger partial charge in [-0.05, 0) is 72.9 Å². The number of anilines is 4. The molecule has 0 aliphatic carbocycles. The van der Waals surface area contributed by atoms with E-state index in [1.807, 2.05) is 54.6 Å². The molecule has 0 unspecified atom stereocenters. The monoisotopic (exact) mass is 540 g/mol. The van der Waals surface area contributed by atoms with Gasteiger partial charge in [0.25, 0.3) is 11.8 Å². The van der Waals surface area contributed by atoms with Gasteiger partial charge in [0, 0.05) is 24.2 Å². The van der Waals surface area contributed by atoms with Crippen molar-refractivity contribution in [2.75, 3.05) is 36.3 Å². The van der Waals surface area contributed by atoms with Crippen molar-refractivity contribution in [1.82, 2.24) is 5.32 Å². The summed E-state index contributed by atoms with van der Waals surface area (Å²) in [6.45, 7) is 0.696. The Balaban J connectivity index is 1.38. The summed E-state index contributed by atoms with van der Waals surface area (Å²) >= 11 is 5.36. The van der Waals surface area contributed by atoms with E-state index in [1.54, 1.807) is 55.6 Å². The molecule has 4 rings (SSSR count). The lowest BCUT2D eigenvalue weighted by Gasteiger charge is -2.15. The molecule has 0 spiro atoms. The minimum atomic E-state index is -0.438. The first-order chi connectivity index (χ1) is 19.0. The van der Waals surface area contributed by atoms with E-state index >= 15 is 0 Å². The van der Waals surface area contributed by atoms with Crippen LogP contribution in [0.15, 0.2) is 103 Å². The fourth-order valence-electron chi connectivity index (χ4n) is 3.65. The van der Waals surface area contributed by atoms with Crippen LogP contribution in [0.25, 0.3) is 0 Å². The van der Waals surface area contributed by atoms with Gasteiger partial charge in [0.05, 0.1) is 23.4 Å². The van der Waals surface area contributed by atoms with E-state index in [-0.39, 0.29) is 11.0 Å². The van der Waals surface area contributed by atoms with Gasteiger partial charge in [0.1, 0.15) is 12.4 Å². The Morgan fingerprint density at radius 2 is 1.28 bits per heavy atom. The third-order valence-electron chi connectivity index (χ3n) is 5.53. The minimum absolute atomic E-state index is 0.0447. The van der Waals surface area contributed by atoms with E-state index < -0.39 is 5.91 Å². The standard InChI is InChI=1S/C30H28N4O4S/c1-37-19-20-38-27-14-8-6-12-25(27)29(36)34-30(39)33-26-13-7-5-11-24(26)28(35)32-23-17-15-22(16-18-23)31-21-9-3-2-4-10-21/h2-18,31H,19-20H2,1H3,(H,32,35)(H2,33,34,36,39). The van der Waals surface area contributed by atoms with Crippen LogP contribution in [0.2, 0.25) is 0 Å². The predicted molar refractivity (Wildman–Crippen MR) is 158 cm³/mol. The SMILES string of the molecule is COCCOc1ccccc1C(=O)NC(=S)Nc1ccccc1C(=O)Nc1ccc(Nc2ccccc2)cc1. The number of ether oxygens (including phenoxy) is 2. The highest BCUT2D eigenvalue weighted by molar-refractivity contribution is 7.80.